The Kier molecular flexibility index (Phi) is 4.50. The number of hydrogen-bond acceptors (Lipinski definition) is 5. The molecule has 0 unspecified atom stereocenters. The molecule has 1 aliphatic rings. The van der Waals surface area contributed by atoms with E-state index < -0.39 is 0 Å². The van der Waals surface area contributed by atoms with Crippen LogP contribution in [0.5, 0.6) is 0 Å². The molecule has 0 saturated heterocycles. The maximum absolute atomic E-state index is 9.03. The Bertz CT molecular complexity index is 520. The van der Waals surface area contributed by atoms with E-state index >= 15 is 0 Å². The first-order valence-corrected chi connectivity index (χ1v) is 8.08. The Morgan fingerprint density at radius 1 is 1.45 bits per heavy atom. The Morgan fingerprint density at radius 2 is 2.35 bits per heavy atom. The van der Waals surface area contributed by atoms with Gasteiger partial charge in [0, 0.05) is 31.1 Å². The highest BCUT2D eigenvalue weighted by atomic mass is 32.1. The molecular weight excluding hydrogens is 272 g/mol. The monoisotopic (exact) mass is 292 g/mol. The average molecular weight is 292 g/mol. The van der Waals surface area contributed by atoms with E-state index in [1.807, 2.05) is 12.1 Å². The highest BCUT2D eigenvalue weighted by Gasteiger charge is 2.25. The fourth-order valence-corrected chi connectivity index (χ4v) is 3.29. The first kappa shape index (κ1) is 13.8. The predicted molar refractivity (Wildman–Crippen MR) is 79.6 cm³/mol. The second-order valence-electron chi connectivity index (χ2n) is 5.25. The van der Waals surface area contributed by atoms with Gasteiger partial charge in [0.15, 0.2) is 10.8 Å². The third-order valence-electron chi connectivity index (χ3n) is 3.84. The molecule has 2 aromatic heterocycles. The summed E-state index contributed by atoms with van der Waals surface area (Å²) in [6.45, 7) is 2.09. The molecule has 20 heavy (non-hydrogen) atoms. The van der Waals surface area contributed by atoms with Crippen LogP contribution < -0.4 is 0 Å². The summed E-state index contributed by atoms with van der Waals surface area (Å²) >= 11 is 1.63. The molecule has 3 rings (SSSR count). The lowest BCUT2D eigenvalue weighted by atomic mass is 9.91. The van der Waals surface area contributed by atoms with Gasteiger partial charge in [-0.25, -0.2) is 4.98 Å². The second-order valence-corrected chi connectivity index (χ2v) is 6.11. The molecule has 0 bridgehead atoms. The molecule has 1 aliphatic carbocycles. The number of aromatic nitrogens is 1. The van der Waals surface area contributed by atoms with Crippen LogP contribution in [-0.4, -0.2) is 34.2 Å². The van der Waals surface area contributed by atoms with Crippen LogP contribution in [0.1, 0.15) is 31.4 Å². The molecule has 0 amide bonds. The zero-order valence-electron chi connectivity index (χ0n) is 11.5. The number of thiazole rings is 1. The van der Waals surface area contributed by atoms with E-state index in [1.54, 1.807) is 17.6 Å². The van der Waals surface area contributed by atoms with Gasteiger partial charge >= 0.3 is 0 Å². The van der Waals surface area contributed by atoms with Crippen LogP contribution >= 0.6 is 11.3 Å². The van der Waals surface area contributed by atoms with E-state index in [9.17, 15) is 0 Å². The molecule has 0 aromatic carbocycles. The van der Waals surface area contributed by atoms with Crippen LogP contribution in [-0.2, 0) is 6.54 Å². The number of rotatable bonds is 7. The van der Waals surface area contributed by atoms with Crippen LogP contribution in [0, 0.1) is 0 Å². The molecule has 0 atom stereocenters. The topological polar surface area (TPSA) is 49.5 Å². The first-order valence-electron chi connectivity index (χ1n) is 7.20. The summed E-state index contributed by atoms with van der Waals surface area (Å²) < 4.78 is 5.38. The Hall–Kier alpha value is -1.17. The van der Waals surface area contributed by atoms with Gasteiger partial charge in [-0.15, -0.1) is 11.3 Å². The molecular formula is C15H20N2O2S. The number of aliphatic hydroxyl groups excluding tert-OH is 1. The zero-order chi connectivity index (χ0) is 13.8. The lowest BCUT2D eigenvalue weighted by Gasteiger charge is -2.37. The summed E-state index contributed by atoms with van der Waals surface area (Å²) in [5, 5.41) is 12.1. The maximum atomic E-state index is 9.03. The number of nitrogens with zero attached hydrogens (tertiary/aromatic N) is 2. The van der Waals surface area contributed by atoms with Gasteiger partial charge in [-0.3, -0.25) is 4.90 Å². The van der Waals surface area contributed by atoms with Crippen molar-refractivity contribution in [1.82, 2.24) is 9.88 Å². The van der Waals surface area contributed by atoms with Gasteiger partial charge in [0.05, 0.1) is 12.0 Å². The van der Waals surface area contributed by atoms with Gasteiger partial charge in [0.25, 0.3) is 0 Å². The molecule has 0 radical (unpaired) electrons. The van der Waals surface area contributed by atoms with Crippen molar-refractivity contribution in [3.8, 4) is 10.8 Å². The van der Waals surface area contributed by atoms with Gasteiger partial charge in [0.2, 0.25) is 0 Å². The maximum Gasteiger partial charge on any atom is 0.162 e. The van der Waals surface area contributed by atoms with Gasteiger partial charge in [-0.1, -0.05) is 6.42 Å². The normalized spacial score (nSPS) is 15.7. The molecule has 2 heterocycles. The second kappa shape index (κ2) is 6.52. The van der Waals surface area contributed by atoms with Crippen LogP contribution in [0.4, 0.5) is 0 Å². The molecule has 1 saturated carbocycles. The highest BCUT2D eigenvalue weighted by Crippen LogP contribution is 2.28. The quantitative estimate of drug-likeness (QED) is 0.851. The molecule has 1 N–H and O–H groups in total. The van der Waals surface area contributed by atoms with E-state index in [0.717, 1.165) is 36.0 Å². The van der Waals surface area contributed by atoms with Crippen molar-refractivity contribution in [3.05, 3.63) is 29.5 Å². The first-order chi connectivity index (χ1) is 9.86. The van der Waals surface area contributed by atoms with Gasteiger partial charge < -0.3 is 9.52 Å². The lowest BCUT2D eigenvalue weighted by molar-refractivity contribution is 0.108. The summed E-state index contributed by atoms with van der Waals surface area (Å²) in [5.74, 6) is 0.840. The zero-order valence-corrected chi connectivity index (χ0v) is 12.3. The van der Waals surface area contributed by atoms with Crippen LogP contribution in [0.3, 0.4) is 0 Å². The fourth-order valence-electron chi connectivity index (χ4n) is 2.52. The summed E-state index contributed by atoms with van der Waals surface area (Å²) in [4.78, 5) is 7.12. The molecule has 0 spiro atoms. The van der Waals surface area contributed by atoms with E-state index in [2.05, 4.69) is 15.3 Å². The van der Waals surface area contributed by atoms with Crippen LogP contribution in [0.15, 0.2) is 28.2 Å². The van der Waals surface area contributed by atoms with Crippen molar-refractivity contribution < 1.29 is 9.52 Å². The third kappa shape index (κ3) is 3.11. The Labute approximate surface area is 123 Å². The fraction of sp³-hybridized carbons (Fsp3) is 0.533. The lowest BCUT2D eigenvalue weighted by Crippen LogP contribution is -2.40. The number of hydrogen-bond donors (Lipinski definition) is 1. The smallest absolute Gasteiger partial charge is 0.162 e. The molecule has 2 aromatic rings. The predicted octanol–water partition coefficient (Wildman–Crippen LogP) is 3.14. The van der Waals surface area contributed by atoms with Gasteiger partial charge in [-0.05, 0) is 31.4 Å². The molecule has 4 nitrogen and oxygen atoms in total. The van der Waals surface area contributed by atoms with E-state index in [-0.39, 0.29) is 6.61 Å². The average Bonchev–Trinajstić information content (AvgIpc) is 3.04. The molecule has 0 aliphatic heterocycles. The van der Waals surface area contributed by atoms with Crippen molar-refractivity contribution in [2.24, 2.45) is 0 Å². The minimum Gasteiger partial charge on any atom is -0.462 e. The van der Waals surface area contributed by atoms with Crippen molar-refractivity contribution in [2.75, 3.05) is 13.2 Å². The van der Waals surface area contributed by atoms with Crippen LogP contribution in [0.2, 0.25) is 0 Å². The standard InChI is InChI=1S/C15H20N2O2S/c18-8-3-7-17(13-4-1-5-13)10-12-11-20-15(16-12)14-6-2-9-19-14/h2,6,9,11,13,18H,1,3-5,7-8,10H2. The summed E-state index contributed by atoms with van der Waals surface area (Å²) in [6.07, 6.45) is 6.40. The number of aliphatic hydroxyl groups is 1. The number of furan rings is 1. The molecule has 1 fully saturated rings. The SMILES string of the molecule is OCCCN(Cc1csc(-c2ccco2)n1)C1CCC1. The van der Waals surface area contributed by atoms with Gasteiger partial charge in [-0.2, -0.15) is 0 Å². The third-order valence-corrected chi connectivity index (χ3v) is 4.75. The minimum atomic E-state index is 0.262. The van der Waals surface area contributed by atoms with Crippen LogP contribution in [0.25, 0.3) is 10.8 Å². The van der Waals surface area contributed by atoms with E-state index in [1.165, 1.54) is 19.3 Å². The van der Waals surface area contributed by atoms with Crippen molar-refractivity contribution >= 4 is 11.3 Å². The summed E-state index contributed by atoms with van der Waals surface area (Å²) in [7, 11) is 0. The van der Waals surface area contributed by atoms with Gasteiger partial charge in [0.1, 0.15) is 0 Å². The summed E-state index contributed by atoms with van der Waals surface area (Å²) in [6, 6.07) is 4.51. The van der Waals surface area contributed by atoms with E-state index in [0.29, 0.717) is 6.04 Å². The highest BCUT2D eigenvalue weighted by molar-refractivity contribution is 7.13. The Morgan fingerprint density at radius 3 is 3.00 bits per heavy atom. The minimum absolute atomic E-state index is 0.262. The Balaban J connectivity index is 1.65. The van der Waals surface area contributed by atoms with Crippen molar-refractivity contribution in [3.63, 3.8) is 0 Å². The van der Waals surface area contributed by atoms with E-state index in [4.69, 9.17) is 9.52 Å². The molecule has 108 valence electrons. The largest absolute Gasteiger partial charge is 0.462 e. The van der Waals surface area contributed by atoms with Crippen molar-refractivity contribution in [1.29, 1.82) is 0 Å². The summed E-state index contributed by atoms with van der Waals surface area (Å²) in [5.41, 5.74) is 1.10. The van der Waals surface area contributed by atoms with Crippen molar-refractivity contribution in [2.45, 2.75) is 38.3 Å². The molecule has 5 heteroatoms.